The van der Waals surface area contributed by atoms with Crippen LogP contribution in [0.3, 0.4) is 0 Å². The minimum Gasteiger partial charge on any atom is -0.291 e. The number of ketones is 2. The van der Waals surface area contributed by atoms with Crippen molar-refractivity contribution >= 4 is 21.4 Å². The molecule has 5 heteroatoms. The molecule has 0 aliphatic heterocycles. The van der Waals surface area contributed by atoms with E-state index < -0.39 is 26.2 Å². The summed E-state index contributed by atoms with van der Waals surface area (Å²) < 4.78 is 25.1. The minimum atomic E-state index is -4.34. The average Bonchev–Trinajstić information content (AvgIpc) is 2.92. The second-order valence-corrected chi connectivity index (χ2v) is 8.66. The number of carbonyl (C=O) groups excluding carboxylic acids is 2. The predicted octanol–water partition coefficient (Wildman–Crippen LogP) is 3.74. The summed E-state index contributed by atoms with van der Waals surface area (Å²) in [6.07, 6.45) is 0. The number of hydrogen-bond acceptors (Lipinski definition) is 4. The average molecular weight is 376 g/mol. The maximum absolute atomic E-state index is 13.7. The maximum Gasteiger partial charge on any atom is 0.226 e. The van der Waals surface area contributed by atoms with Crippen LogP contribution in [0.25, 0.3) is 0 Å². The van der Waals surface area contributed by atoms with Gasteiger partial charge >= 0.3 is 0 Å². The number of aryl methyl sites for hydroxylation is 1. The molecule has 0 saturated heterocycles. The van der Waals surface area contributed by atoms with E-state index in [-0.39, 0.29) is 21.6 Å². The van der Waals surface area contributed by atoms with E-state index in [9.17, 15) is 18.0 Å². The second-order valence-electron chi connectivity index (χ2n) is 6.57. The van der Waals surface area contributed by atoms with E-state index in [1.807, 2.05) is 6.92 Å². The molecule has 0 amide bonds. The maximum atomic E-state index is 13.7. The highest BCUT2D eigenvalue weighted by molar-refractivity contribution is 7.94. The zero-order valence-electron chi connectivity index (χ0n) is 14.5. The van der Waals surface area contributed by atoms with Crippen molar-refractivity contribution in [2.45, 2.75) is 16.6 Å². The number of hydrogen-bond donors (Lipinski definition) is 0. The van der Waals surface area contributed by atoms with E-state index in [0.717, 1.165) is 5.56 Å². The van der Waals surface area contributed by atoms with E-state index >= 15 is 0 Å². The van der Waals surface area contributed by atoms with E-state index in [0.29, 0.717) is 0 Å². The molecular formula is C22H16O4S. The van der Waals surface area contributed by atoms with Crippen LogP contribution >= 0.6 is 0 Å². The minimum absolute atomic E-state index is 0.0496. The number of Topliss-reactive ketones (excluding diaryl/α,β-unsaturated/α-hetero) is 2. The molecule has 1 aliphatic rings. The van der Waals surface area contributed by atoms with Crippen LogP contribution in [0.4, 0.5) is 0 Å². The topological polar surface area (TPSA) is 68.3 Å². The molecule has 3 aromatic rings. The fourth-order valence-corrected chi connectivity index (χ4v) is 5.59. The van der Waals surface area contributed by atoms with Gasteiger partial charge < -0.3 is 0 Å². The Labute approximate surface area is 157 Å². The lowest BCUT2D eigenvalue weighted by Gasteiger charge is -2.26. The van der Waals surface area contributed by atoms with Crippen molar-refractivity contribution in [2.75, 3.05) is 0 Å². The summed E-state index contributed by atoms with van der Waals surface area (Å²) in [5.41, 5.74) is 1.33. The highest BCUT2D eigenvalue weighted by Crippen LogP contribution is 2.46. The number of sulfone groups is 1. The zero-order chi connectivity index (χ0) is 19.2. The van der Waals surface area contributed by atoms with Crippen molar-refractivity contribution < 1.29 is 18.0 Å². The molecule has 3 aromatic carbocycles. The third kappa shape index (κ3) is 2.25. The Bertz CT molecular complexity index is 1130. The van der Waals surface area contributed by atoms with Crippen molar-refractivity contribution in [3.63, 3.8) is 0 Å². The molecule has 0 saturated carbocycles. The zero-order valence-corrected chi connectivity index (χ0v) is 15.4. The van der Waals surface area contributed by atoms with Crippen LogP contribution in [-0.2, 0) is 14.6 Å². The highest BCUT2D eigenvalue weighted by Gasteiger charge is 2.63. The molecule has 0 aromatic heterocycles. The summed E-state index contributed by atoms with van der Waals surface area (Å²) in [4.78, 5) is 26.8. The first kappa shape index (κ1) is 17.4. The fraction of sp³-hybridized carbons (Fsp3) is 0.0909. The van der Waals surface area contributed by atoms with Gasteiger partial charge in [-0.3, -0.25) is 9.59 Å². The third-order valence-electron chi connectivity index (χ3n) is 4.97. The smallest absolute Gasteiger partial charge is 0.226 e. The summed E-state index contributed by atoms with van der Waals surface area (Å²) in [7, 11) is -4.34. The van der Waals surface area contributed by atoms with Gasteiger partial charge in [-0.15, -0.1) is 0 Å². The molecular weight excluding hydrogens is 360 g/mol. The van der Waals surface area contributed by atoms with Gasteiger partial charge in [-0.05, 0) is 24.6 Å². The standard InChI is InChI=1S/C22H16O4S/c1-15-11-13-17(14-12-15)27(25,26)22(16-7-3-2-4-8-16)20(23)18-9-5-6-10-19(18)21(22)24/h2-14H,1H3. The Morgan fingerprint density at radius 1 is 0.667 bits per heavy atom. The second kappa shape index (κ2) is 5.99. The molecule has 0 bridgehead atoms. The lowest BCUT2D eigenvalue weighted by molar-refractivity contribution is 0.0860. The molecule has 27 heavy (non-hydrogen) atoms. The van der Waals surface area contributed by atoms with Gasteiger partial charge in [0.15, 0.2) is 11.6 Å². The third-order valence-corrected chi connectivity index (χ3v) is 7.28. The Morgan fingerprint density at radius 3 is 1.67 bits per heavy atom. The molecule has 4 nitrogen and oxygen atoms in total. The first-order chi connectivity index (χ1) is 12.9. The Kier molecular flexibility index (Phi) is 3.86. The van der Waals surface area contributed by atoms with E-state index in [2.05, 4.69) is 0 Å². The first-order valence-electron chi connectivity index (χ1n) is 8.46. The fourth-order valence-electron chi connectivity index (χ4n) is 3.59. The van der Waals surface area contributed by atoms with E-state index in [1.165, 1.54) is 36.4 Å². The molecule has 0 radical (unpaired) electrons. The molecule has 0 unspecified atom stereocenters. The summed E-state index contributed by atoms with van der Waals surface area (Å²) >= 11 is 0. The predicted molar refractivity (Wildman–Crippen MR) is 102 cm³/mol. The summed E-state index contributed by atoms with van der Waals surface area (Å²) in [5, 5.41) is 0. The molecule has 0 fully saturated rings. The van der Waals surface area contributed by atoms with Crippen molar-refractivity contribution in [2.24, 2.45) is 0 Å². The van der Waals surface area contributed by atoms with Crippen LogP contribution in [0.2, 0.25) is 0 Å². The van der Waals surface area contributed by atoms with Gasteiger partial charge in [-0.1, -0.05) is 72.3 Å². The molecule has 0 heterocycles. The summed E-state index contributed by atoms with van der Waals surface area (Å²) in [6, 6.07) is 20.5. The van der Waals surface area contributed by atoms with Gasteiger partial charge in [0.2, 0.25) is 14.6 Å². The lowest BCUT2D eigenvalue weighted by Crippen LogP contribution is -2.46. The van der Waals surface area contributed by atoms with Gasteiger partial charge in [0.25, 0.3) is 0 Å². The van der Waals surface area contributed by atoms with Crippen LogP contribution in [-0.4, -0.2) is 20.0 Å². The number of carbonyl (C=O) groups is 2. The number of benzene rings is 3. The molecule has 134 valence electrons. The molecule has 0 spiro atoms. The lowest BCUT2D eigenvalue weighted by atomic mass is 9.93. The van der Waals surface area contributed by atoms with Gasteiger partial charge in [0, 0.05) is 11.1 Å². The van der Waals surface area contributed by atoms with Crippen LogP contribution < -0.4 is 0 Å². The van der Waals surface area contributed by atoms with Gasteiger partial charge in [-0.25, -0.2) is 8.42 Å². The first-order valence-corrected chi connectivity index (χ1v) is 9.94. The number of rotatable bonds is 3. The summed E-state index contributed by atoms with van der Waals surface area (Å²) in [6.45, 7) is 1.84. The monoisotopic (exact) mass is 376 g/mol. The van der Waals surface area contributed by atoms with Crippen molar-refractivity contribution in [3.05, 3.63) is 101 Å². The van der Waals surface area contributed by atoms with Crippen LogP contribution in [0.1, 0.15) is 31.8 Å². The largest absolute Gasteiger partial charge is 0.291 e. The van der Waals surface area contributed by atoms with Crippen molar-refractivity contribution in [1.29, 1.82) is 0 Å². The van der Waals surface area contributed by atoms with Crippen molar-refractivity contribution in [1.82, 2.24) is 0 Å². The van der Waals surface area contributed by atoms with Crippen LogP contribution in [0, 0.1) is 6.92 Å². The quantitative estimate of drug-likeness (QED) is 0.653. The van der Waals surface area contributed by atoms with Gasteiger partial charge in [-0.2, -0.15) is 0 Å². The highest BCUT2D eigenvalue weighted by atomic mass is 32.2. The molecule has 4 rings (SSSR count). The summed E-state index contributed by atoms with van der Waals surface area (Å²) in [5.74, 6) is -1.40. The number of fused-ring (bicyclic) bond motifs is 1. The Hall–Kier alpha value is -3.05. The normalized spacial score (nSPS) is 15.6. The molecule has 0 N–H and O–H groups in total. The van der Waals surface area contributed by atoms with Crippen molar-refractivity contribution in [3.8, 4) is 0 Å². The van der Waals surface area contributed by atoms with Gasteiger partial charge in [0.1, 0.15) is 0 Å². The Morgan fingerprint density at radius 2 is 1.15 bits per heavy atom. The molecule has 0 atom stereocenters. The van der Waals surface area contributed by atoms with Gasteiger partial charge in [0.05, 0.1) is 4.90 Å². The van der Waals surface area contributed by atoms with E-state index in [1.54, 1.807) is 42.5 Å². The van der Waals surface area contributed by atoms with E-state index in [4.69, 9.17) is 0 Å². The molecule has 1 aliphatic carbocycles. The van der Waals surface area contributed by atoms with Crippen LogP contribution in [0.15, 0.2) is 83.8 Å². The van der Waals surface area contributed by atoms with Crippen LogP contribution in [0.5, 0.6) is 0 Å². The Balaban J connectivity index is 2.08. The SMILES string of the molecule is Cc1ccc(S(=O)(=O)C2(c3ccccc3)C(=O)c3ccccc3C2=O)cc1.